The van der Waals surface area contributed by atoms with Crippen LogP contribution < -0.4 is 0 Å². The standard InChI is InChI=1S/C57H106O6/c1-4-7-10-13-16-19-22-23-24-25-26-27-28-29-30-31-32-33-34-36-38-41-44-47-50-56(59)62-53-54(52-61-55(58)49-46-43-40-37-21-18-15-12-9-6-3)63-57(60)51-48-45-42-39-35-20-17-14-11-8-5-2/h12,14-15,17,54H,4-11,13,16,18-53H2,1-3H3/b15-12-,17-14-. The topological polar surface area (TPSA) is 78.9 Å². The largest absolute Gasteiger partial charge is 0.462 e. The Balaban J connectivity index is 4.13. The zero-order chi connectivity index (χ0) is 45.8. The number of rotatable bonds is 51. The fourth-order valence-electron chi connectivity index (χ4n) is 8.19. The Bertz CT molecular complexity index is 1020. The number of allylic oxidation sites excluding steroid dienone is 4. The molecule has 0 aliphatic heterocycles. The molecule has 1 atom stereocenters. The Hall–Kier alpha value is -2.11. The summed E-state index contributed by atoms with van der Waals surface area (Å²) in [5.41, 5.74) is 0. The van der Waals surface area contributed by atoms with E-state index in [1.54, 1.807) is 0 Å². The first-order valence-corrected chi connectivity index (χ1v) is 27.8. The average molecular weight is 887 g/mol. The zero-order valence-corrected chi connectivity index (χ0v) is 42.4. The fourth-order valence-corrected chi connectivity index (χ4v) is 8.19. The predicted octanol–water partition coefficient (Wildman–Crippen LogP) is 18.3. The van der Waals surface area contributed by atoms with Crippen LogP contribution in [0, 0.1) is 0 Å². The molecule has 0 aromatic rings. The van der Waals surface area contributed by atoms with Crippen LogP contribution in [-0.4, -0.2) is 37.2 Å². The summed E-state index contributed by atoms with van der Waals surface area (Å²) in [4.78, 5) is 37.9. The van der Waals surface area contributed by atoms with Crippen molar-refractivity contribution in [2.75, 3.05) is 13.2 Å². The molecule has 1 unspecified atom stereocenters. The van der Waals surface area contributed by atoms with Gasteiger partial charge in [-0.05, 0) is 57.8 Å². The first kappa shape index (κ1) is 60.9. The molecule has 6 nitrogen and oxygen atoms in total. The summed E-state index contributed by atoms with van der Waals surface area (Å²) >= 11 is 0. The molecular weight excluding hydrogens is 781 g/mol. The van der Waals surface area contributed by atoms with Gasteiger partial charge in [-0.3, -0.25) is 14.4 Å². The second kappa shape index (κ2) is 52.5. The molecular formula is C57H106O6. The van der Waals surface area contributed by atoms with Gasteiger partial charge in [0.1, 0.15) is 13.2 Å². The molecule has 0 aliphatic rings. The lowest BCUT2D eigenvalue weighted by Gasteiger charge is -2.18. The van der Waals surface area contributed by atoms with Crippen molar-refractivity contribution in [1.29, 1.82) is 0 Å². The van der Waals surface area contributed by atoms with Gasteiger partial charge in [-0.15, -0.1) is 0 Å². The maximum absolute atomic E-state index is 12.7. The smallest absolute Gasteiger partial charge is 0.306 e. The van der Waals surface area contributed by atoms with Crippen LogP contribution in [0.15, 0.2) is 24.3 Å². The summed E-state index contributed by atoms with van der Waals surface area (Å²) in [6.07, 6.45) is 60.5. The first-order valence-electron chi connectivity index (χ1n) is 27.8. The van der Waals surface area contributed by atoms with Crippen molar-refractivity contribution in [3.63, 3.8) is 0 Å². The number of hydrogen-bond donors (Lipinski definition) is 0. The third-order valence-corrected chi connectivity index (χ3v) is 12.4. The van der Waals surface area contributed by atoms with Crippen molar-refractivity contribution < 1.29 is 28.6 Å². The lowest BCUT2D eigenvalue weighted by molar-refractivity contribution is -0.167. The van der Waals surface area contributed by atoms with E-state index in [4.69, 9.17) is 14.2 Å². The van der Waals surface area contributed by atoms with Crippen LogP contribution in [-0.2, 0) is 28.6 Å². The van der Waals surface area contributed by atoms with Crippen LogP contribution >= 0.6 is 0 Å². The molecule has 0 saturated heterocycles. The van der Waals surface area contributed by atoms with Gasteiger partial charge >= 0.3 is 17.9 Å². The van der Waals surface area contributed by atoms with E-state index >= 15 is 0 Å². The van der Waals surface area contributed by atoms with Crippen LogP contribution in [0.4, 0.5) is 0 Å². The second-order valence-electron chi connectivity index (χ2n) is 18.8. The van der Waals surface area contributed by atoms with Crippen molar-refractivity contribution in [3.05, 3.63) is 24.3 Å². The number of hydrogen-bond acceptors (Lipinski definition) is 6. The highest BCUT2D eigenvalue weighted by atomic mass is 16.6. The third kappa shape index (κ3) is 50.7. The van der Waals surface area contributed by atoms with Gasteiger partial charge in [0.15, 0.2) is 6.10 Å². The minimum atomic E-state index is -0.773. The van der Waals surface area contributed by atoms with Crippen molar-refractivity contribution >= 4 is 17.9 Å². The Morgan fingerprint density at radius 2 is 0.571 bits per heavy atom. The molecule has 0 fully saturated rings. The maximum atomic E-state index is 12.7. The highest BCUT2D eigenvalue weighted by Crippen LogP contribution is 2.17. The minimum Gasteiger partial charge on any atom is -0.462 e. The molecule has 63 heavy (non-hydrogen) atoms. The highest BCUT2D eigenvalue weighted by Gasteiger charge is 2.19. The normalized spacial score (nSPS) is 12.1. The Labute approximate surface area is 392 Å². The van der Waals surface area contributed by atoms with Crippen LogP contribution in [0.2, 0.25) is 0 Å². The van der Waals surface area contributed by atoms with Crippen molar-refractivity contribution in [2.24, 2.45) is 0 Å². The van der Waals surface area contributed by atoms with E-state index in [-0.39, 0.29) is 31.1 Å². The van der Waals surface area contributed by atoms with Crippen LogP contribution in [0.5, 0.6) is 0 Å². The number of carbonyl (C=O) groups is 3. The average Bonchev–Trinajstić information content (AvgIpc) is 3.28. The SMILES string of the molecule is CCC/C=C\CCCCCCCC(=O)OCC(COC(=O)CCCCCCCCCCCCCCCCCCCCCCCCCC)OC(=O)CCCCCCC/C=C\CCCC. The molecule has 0 heterocycles. The molecule has 6 heteroatoms. The molecule has 370 valence electrons. The number of carbonyl (C=O) groups excluding carboxylic acids is 3. The van der Waals surface area contributed by atoms with Gasteiger partial charge in [0.05, 0.1) is 0 Å². The van der Waals surface area contributed by atoms with Crippen LogP contribution in [0.1, 0.15) is 303 Å². The van der Waals surface area contributed by atoms with Gasteiger partial charge in [-0.1, -0.05) is 251 Å². The molecule has 0 radical (unpaired) electrons. The van der Waals surface area contributed by atoms with E-state index in [9.17, 15) is 14.4 Å². The second-order valence-corrected chi connectivity index (χ2v) is 18.8. The summed E-state index contributed by atoms with van der Waals surface area (Å²) < 4.78 is 16.8. The Morgan fingerprint density at radius 3 is 0.905 bits per heavy atom. The van der Waals surface area contributed by atoms with Crippen molar-refractivity contribution in [1.82, 2.24) is 0 Å². The van der Waals surface area contributed by atoms with E-state index in [1.165, 1.54) is 180 Å². The lowest BCUT2D eigenvalue weighted by atomic mass is 10.0. The van der Waals surface area contributed by atoms with Gasteiger partial charge in [0.2, 0.25) is 0 Å². The van der Waals surface area contributed by atoms with Gasteiger partial charge in [0.25, 0.3) is 0 Å². The van der Waals surface area contributed by atoms with E-state index in [0.29, 0.717) is 19.3 Å². The summed E-state index contributed by atoms with van der Waals surface area (Å²) in [6, 6.07) is 0. The third-order valence-electron chi connectivity index (χ3n) is 12.4. The maximum Gasteiger partial charge on any atom is 0.306 e. The van der Waals surface area contributed by atoms with E-state index in [2.05, 4.69) is 45.1 Å². The summed E-state index contributed by atoms with van der Waals surface area (Å²) in [5.74, 6) is -0.881. The highest BCUT2D eigenvalue weighted by molar-refractivity contribution is 5.71. The van der Waals surface area contributed by atoms with E-state index in [1.807, 2.05) is 0 Å². The number of esters is 3. The van der Waals surface area contributed by atoms with Gasteiger partial charge in [-0.25, -0.2) is 0 Å². The van der Waals surface area contributed by atoms with Crippen molar-refractivity contribution in [3.8, 4) is 0 Å². The van der Waals surface area contributed by atoms with E-state index in [0.717, 1.165) is 83.5 Å². The Kier molecular flexibility index (Phi) is 50.8. The molecule has 0 aromatic heterocycles. The molecule has 0 bridgehead atoms. The number of ether oxygens (including phenoxy) is 3. The summed E-state index contributed by atoms with van der Waals surface area (Å²) in [6.45, 7) is 6.56. The summed E-state index contributed by atoms with van der Waals surface area (Å²) in [7, 11) is 0. The molecule has 0 spiro atoms. The first-order chi connectivity index (χ1) is 31.0. The summed E-state index contributed by atoms with van der Waals surface area (Å²) in [5, 5.41) is 0. The van der Waals surface area contributed by atoms with E-state index < -0.39 is 6.10 Å². The molecule has 0 aromatic carbocycles. The molecule has 0 rings (SSSR count). The molecule has 0 aliphatic carbocycles. The fraction of sp³-hybridized carbons (Fsp3) is 0.877. The van der Waals surface area contributed by atoms with Gasteiger partial charge < -0.3 is 14.2 Å². The monoisotopic (exact) mass is 887 g/mol. The molecule has 0 amide bonds. The molecule has 0 saturated carbocycles. The van der Waals surface area contributed by atoms with Gasteiger partial charge in [0, 0.05) is 19.3 Å². The minimum absolute atomic E-state index is 0.0737. The lowest BCUT2D eigenvalue weighted by Crippen LogP contribution is -2.30. The quantitative estimate of drug-likeness (QED) is 0.0262. The van der Waals surface area contributed by atoms with Crippen molar-refractivity contribution in [2.45, 2.75) is 309 Å². The van der Waals surface area contributed by atoms with Crippen LogP contribution in [0.25, 0.3) is 0 Å². The molecule has 0 N–H and O–H groups in total. The van der Waals surface area contributed by atoms with Crippen LogP contribution in [0.3, 0.4) is 0 Å². The van der Waals surface area contributed by atoms with Gasteiger partial charge in [-0.2, -0.15) is 0 Å². The predicted molar refractivity (Wildman–Crippen MR) is 270 cm³/mol. The Morgan fingerprint density at radius 1 is 0.302 bits per heavy atom. The number of unbranched alkanes of at least 4 members (excludes halogenated alkanes) is 36. The zero-order valence-electron chi connectivity index (χ0n) is 42.4.